The lowest BCUT2D eigenvalue weighted by molar-refractivity contribution is 0.0988. The summed E-state index contributed by atoms with van der Waals surface area (Å²) in [5, 5.41) is -0.503. The van der Waals surface area contributed by atoms with Crippen LogP contribution in [0.3, 0.4) is 0 Å². The van der Waals surface area contributed by atoms with Crippen LogP contribution in [0.2, 0.25) is 0 Å². The zero-order valence-electron chi connectivity index (χ0n) is 8.22. The predicted molar refractivity (Wildman–Crippen MR) is 68.0 cm³/mol. The molecule has 2 nitrogen and oxygen atoms in total. The van der Waals surface area contributed by atoms with Gasteiger partial charge in [-0.15, -0.1) is 11.6 Å². The Morgan fingerprint density at radius 2 is 2.33 bits per heavy atom. The number of benzene rings is 1. The molecule has 0 fully saturated rings. The molecule has 1 aromatic rings. The topological polar surface area (TPSA) is 26.3 Å². The van der Waals surface area contributed by atoms with Gasteiger partial charge in [-0.1, -0.05) is 0 Å². The summed E-state index contributed by atoms with van der Waals surface area (Å²) in [7, 11) is 0. The van der Waals surface area contributed by atoms with Gasteiger partial charge in [-0.2, -0.15) is 0 Å². The molecule has 0 saturated heterocycles. The van der Waals surface area contributed by atoms with Crippen molar-refractivity contribution >= 4 is 40.0 Å². The highest BCUT2D eigenvalue weighted by atomic mass is 127. The normalized spacial score (nSPS) is 15.7. The van der Waals surface area contributed by atoms with E-state index in [0.29, 0.717) is 12.2 Å². The molecule has 0 bridgehead atoms. The van der Waals surface area contributed by atoms with Crippen LogP contribution in [-0.4, -0.2) is 17.8 Å². The van der Waals surface area contributed by atoms with Gasteiger partial charge in [0, 0.05) is 9.99 Å². The van der Waals surface area contributed by atoms with Gasteiger partial charge in [0.15, 0.2) is 5.78 Å². The second kappa shape index (κ2) is 4.29. The van der Waals surface area contributed by atoms with E-state index in [2.05, 4.69) is 28.7 Å². The van der Waals surface area contributed by atoms with Crippen LogP contribution >= 0.6 is 34.2 Å². The third-order valence-corrected chi connectivity index (χ3v) is 3.20. The minimum atomic E-state index is -0.503. The average molecular weight is 337 g/mol. The largest absolute Gasteiger partial charge is 0.492 e. The molecule has 80 valence electrons. The number of ketones is 1. The van der Waals surface area contributed by atoms with Gasteiger partial charge in [-0.25, -0.2) is 0 Å². The maximum atomic E-state index is 11.8. The van der Waals surface area contributed by atoms with Crippen molar-refractivity contribution in [2.24, 2.45) is 0 Å². The van der Waals surface area contributed by atoms with Gasteiger partial charge in [0.05, 0.1) is 17.5 Å². The number of alkyl halides is 1. The average Bonchev–Trinajstić information content (AvgIpc) is 2.62. The first kappa shape index (κ1) is 11.2. The number of hydrogen-bond acceptors (Lipinski definition) is 2. The Bertz CT molecular complexity index is 415. The van der Waals surface area contributed by atoms with Gasteiger partial charge in [-0.05, 0) is 47.2 Å². The SMILES string of the molecule is CC(Cl)C(=O)c1cc(I)cc2c1OCC2. The molecule has 1 aliphatic heterocycles. The summed E-state index contributed by atoms with van der Waals surface area (Å²) in [4.78, 5) is 11.8. The number of rotatable bonds is 2. The lowest BCUT2D eigenvalue weighted by atomic mass is 10.0. The smallest absolute Gasteiger partial charge is 0.184 e. The fourth-order valence-corrected chi connectivity index (χ4v) is 2.47. The molecule has 1 unspecified atom stereocenters. The molecule has 0 saturated carbocycles. The van der Waals surface area contributed by atoms with Gasteiger partial charge < -0.3 is 4.74 Å². The van der Waals surface area contributed by atoms with Crippen LogP contribution in [0.4, 0.5) is 0 Å². The molecular weight excluding hydrogens is 326 g/mol. The van der Waals surface area contributed by atoms with Crippen molar-refractivity contribution in [1.82, 2.24) is 0 Å². The van der Waals surface area contributed by atoms with E-state index in [1.165, 1.54) is 0 Å². The van der Waals surface area contributed by atoms with E-state index < -0.39 is 5.38 Å². The van der Waals surface area contributed by atoms with Crippen LogP contribution in [0.25, 0.3) is 0 Å². The first-order chi connectivity index (χ1) is 7.09. The molecule has 1 atom stereocenters. The Labute approximate surface area is 107 Å². The molecule has 1 heterocycles. The molecule has 15 heavy (non-hydrogen) atoms. The monoisotopic (exact) mass is 336 g/mol. The van der Waals surface area contributed by atoms with E-state index >= 15 is 0 Å². The zero-order chi connectivity index (χ0) is 11.0. The number of carbonyl (C=O) groups excluding carboxylic acids is 1. The Balaban J connectivity index is 2.51. The lowest BCUT2D eigenvalue weighted by Gasteiger charge is -2.09. The molecular formula is C11H10ClIO2. The molecule has 0 aromatic heterocycles. The lowest BCUT2D eigenvalue weighted by Crippen LogP contribution is -2.12. The second-order valence-corrected chi connectivity index (χ2v) is 5.42. The molecule has 0 aliphatic carbocycles. The molecule has 0 spiro atoms. The third kappa shape index (κ3) is 2.13. The van der Waals surface area contributed by atoms with E-state index in [0.717, 1.165) is 21.3 Å². The van der Waals surface area contributed by atoms with Crippen molar-refractivity contribution in [3.63, 3.8) is 0 Å². The Kier molecular flexibility index (Phi) is 3.21. The van der Waals surface area contributed by atoms with Crippen LogP contribution in [-0.2, 0) is 6.42 Å². The van der Waals surface area contributed by atoms with Gasteiger partial charge in [-0.3, -0.25) is 4.79 Å². The second-order valence-electron chi connectivity index (χ2n) is 3.52. The molecule has 2 rings (SSSR count). The minimum absolute atomic E-state index is 0.0617. The van der Waals surface area contributed by atoms with Crippen LogP contribution < -0.4 is 4.74 Å². The van der Waals surface area contributed by atoms with Gasteiger partial charge in [0.1, 0.15) is 5.75 Å². The molecule has 0 amide bonds. The third-order valence-electron chi connectivity index (χ3n) is 2.38. The highest BCUT2D eigenvalue weighted by Gasteiger charge is 2.23. The Morgan fingerprint density at radius 3 is 3.00 bits per heavy atom. The van der Waals surface area contributed by atoms with Crippen molar-refractivity contribution in [3.05, 3.63) is 26.8 Å². The predicted octanol–water partition coefficient (Wildman–Crippen LogP) is 3.04. The summed E-state index contributed by atoms with van der Waals surface area (Å²) in [6.45, 7) is 2.34. The summed E-state index contributed by atoms with van der Waals surface area (Å²) in [6, 6.07) is 3.89. The maximum absolute atomic E-state index is 11.8. The van der Waals surface area contributed by atoms with E-state index in [4.69, 9.17) is 16.3 Å². The number of ether oxygens (including phenoxy) is 1. The summed E-state index contributed by atoms with van der Waals surface area (Å²) in [5.41, 5.74) is 1.74. The van der Waals surface area contributed by atoms with Crippen molar-refractivity contribution in [1.29, 1.82) is 0 Å². The molecule has 1 aromatic carbocycles. The van der Waals surface area contributed by atoms with Crippen LogP contribution in [0.1, 0.15) is 22.8 Å². The van der Waals surface area contributed by atoms with E-state index in [-0.39, 0.29) is 5.78 Å². The maximum Gasteiger partial charge on any atom is 0.184 e. The van der Waals surface area contributed by atoms with Gasteiger partial charge in [0.2, 0.25) is 0 Å². The van der Waals surface area contributed by atoms with E-state index in [9.17, 15) is 4.79 Å². The molecule has 0 radical (unpaired) electrons. The number of halogens is 2. The fraction of sp³-hybridized carbons (Fsp3) is 0.364. The highest BCUT2D eigenvalue weighted by Crippen LogP contribution is 2.32. The van der Waals surface area contributed by atoms with Crippen molar-refractivity contribution in [2.45, 2.75) is 18.7 Å². The summed E-state index contributed by atoms with van der Waals surface area (Å²) < 4.78 is 6.53. The molecule has 0 N–H and O–H groups in total. The summed E-state index contributed by atoms with van der Waals surface area (Å²) in [6.07, 6.45) is 0.878. The fourth-order valence-electron chi connectivity index (χ4n) is 1.67. The Morgan fingerprint density at radius 1 is 1.60 bits per heavy atom. The summed E-state index contributed by atoms with van der Waals surface area (Å²) in [5.74, 6) is 0.668. The van der Waals surface area contributed by atoms with Crippen molar-refractivity contribution in [2.75, 3.05) is 6.61 Å². The number of Topliss-reactive ketones (excluding diaryl/α,β-unsaturated/α-hetero) is 1. The van der Waals surface area contributed by atoms with Crippen LogP contribution in [0, 0.1) is 3.57 Å². The quantitative estimate of drug-likeness (QED) is 0.471. The standard InChI is InChI=1S/C11H10ClIO2/c1-6(12)10(14)9-5-8(13)4-7-2-3-15-11(7)9/h4-6H,2-3H2,1H3. The van der Waals surface area contributed by atoms with E-state index in [1.54, 1.807) is 6.92 Å². The van der Waals surface area contributed by atoms with Crippen LogP contribution in [0.5, 0.6) is 5.75 Å². The van der Waals surface area contributed by atoms with Crippen LogP contribution in [0.15, 0.2) is 12.1 Å². The first-order valence-electron chi connectivity index (χ1n) is 4.73. The number of hydrogen-bond donors (Lipinski definition) is 0. The number of fused-ring (bicyclic) bond motifs is 1. The van der Waals surface area contributed by atoms with Gasteiger partial charge in [0.25, 0.3) is 0 Å². The van der Waals surface area contributed by atoms with Crippen molar-refractivity contribution < 1.29 is 9.53 Å². The van der Waals surface area contributed by atoms with Crippen molar-refractivity contribution in [3.8, 4) is 5.75 Å². The molecule has 4 heteroatoms. The summed E-state index contributed by atoms with van der Waals surface area (Å²) >= 11 is 8.01. The number of carbonyl (C=O) groups is 1. The Hall–Kier alpha value is -0.290. The highest BCUT2D eigenvalue weighted by molar-refractivity contribution is 14.1. The van der Waals surface area contributed by atoms with Gasteiger partial charge >= 0.3 is 0 Å². The van der Waals surface area contributed by atoms with E-state index in [1.807, 2.05) is 6.07 Å². The zero-order valence-corrected chi connectivity index (χ0v) is 11.1. The first-order valence-corrected chi connectivity index (χ1v) is 6.24. The minimum Gasteiger partial charge on any atom is -0.492 e. The molecule has 1 aliphatic rings.